The van der Waals surface area contributed by atoms with Crippen molar-refractivity contribution in [3.05, 3.63) is 22.2 Å². The summed E-state index contributed by atoms with van der Waals surface area (Å²) in [4.78, 5) is 25.1. The molecule has 1 N–H and O–H groups in total. The third-order valence-corrected chi connectivity index (χ3v) is 4.26. The molecule has 3 rings (SSSR count). The Kier molecular flexibility index (Phi) is 4.72. The van der Waals surface area contributed by atoms with Gasteiger partial charge in [0.15, 0.2) is 11.5 Å². The number of carbonyl (C=O) groups excluding carboxylic acids is 1. The summed E-state index contributed by atoms with van der Waals surface area (Å²) >= 11 is 3.39. The molecule has 0 saturated carbocycles. The number of hydrogen-bond acceptors (Lipinski definition) is 5. The van der Waals surface area contributed by atoms with Gasteiger partial charge in [-0.05, 0) is 28.1 Å². The first-order valence-electron chi connectivity index (χ1n) is 7.26. The standard InChI is InChI=1S/C15H16BrNO6/c16-11-5-9(6-12-14(11)23-4-3-22-12)15(20)17-1-2-21-10(8-17)7-13(18)19/h5-6,10H,1-4,7-8H2,(H,18,19). The van der Waals surface area contributed by atoms with Crippen LogP contribution in [0.25, 0.3) is 0 Å². The van der Waals surface area contributed by atoms with E-state index in [1.807, 2.05) is 0 Å². The molecule has 1 fully saturated rings. The van der Waals surface area contributed by atoms with Crippen molar-refractivity contribution >= 4 is 27.8 Å². The molecule has 8 heteroatoms. The first-order valence-corrected chi connectivity index (χ1v) is 8.05. The summed E-state index contributed by atoms with van der Waals surface area (Å²) in [6, 6.07) is 3.35. The fraction of sp³-hybridized carbons (Fsp3) is 0.467. The highest BCUT2D eigenvalue weighted by Gasteiger charge is 2.28. The second-order valence-corrected chi connectivity index (χ2v) is 6.18. The highest BCUT2D eigenvalue weighted by molar-refractivity contribution is 9.10. The fourth-order valence-electron chi connectivity index (χ4n) is 2.64. The first kappa shape index (κ1) is 16.1. The summed E-state index contributed by atoms with van der Waals surface area (Å²) in [5.41, 5.74) is 0.470. The van der Waals surface area contributed by atoms with Crippen LogP contribution in [0.2, 0.25) is 0 Å². The molecule has 2 aliphatic heterocycles. The minimum atomic E-state index is -0.939. The molecule has 2 aliphatic rings. The van der Waals surface area contributed by atoms with Crippen LogP contribution >= 0.6 is 15.9 Å². The van der Waals surface area contributed by atoms with Crippen LogP contribution in [0.4, 0.5) is 0 Å². The van der Waals surface area contributed by atoms with Gasteiger partial charge in [-0.15, -0.1) is 0 Å². The maximum absolute atomic E-state index is 12.7. The third kappa shape index (κ3) is 3.59. The minimum absolute atomic E-state index is 0.116. The van der Waals surface area contributed by atoms with Crippen molar-refractivity contribution in [2.75, 3.05) is 32.9 Å². The molecule has 1 unspecified atom stereocenters. The molecule has 1 amide bonds. The number of amides is 1. The number of rotatable bonds is 3. The van der Waals surface area contributed by atoms with E-state index >= 15 is 0 Å². The van der Waals surface area contributed by atoms with Crippen molar-refractivity contribution in [3.63, 3.8) is 0 Å². The van der Waals surface area contributed by atoms with Crippen molar-refractivity contribution in [1.82, 2.24) is 4.90 Å². The zero-order valence-corrected chi connectivity index (χ0v) is 13.9. The number of fused-ring (bicyclic) bond motifs is 1. The zero-order chi connectivity index (χ0) is 16.4. The highest BCUT2D eigenvalue weighted by atomic mass is 79.9. The number of halogens is 1. The SMILES string of the molecule is O=C(O)CC1CN(C(=O)c2cc(Br)c3c(c2)OCCO3)CCO1. The predicted molar refractivity (Wildman–Crippen MR) is 83.0 cm³/mol. The lowest BCUT2D eigenvalue weighted by atomic mass is 10.1. The van der Waals surface area contributed by atoms with Crippen molar-refractivity contribution < 1.29 is 28.9 Å². The summed E-state index contributed by atoms with van der Waals surface area (Å²) in [7, 11) is 0. The average molecular weight is 386 g/mol. The Morgan fingerprint density at radius 3 is 2.83 bits per heavy atom. The van der Waals surface area contributed by atoms with E-state index in [-0.39, 0.29) is 18.9 Å². The molecule has 0 radical (unpaired) electrons. The molecule has 0 aromatic heterocycles. The molecule has 0 bridgehead atoms. The molecule has 1 aromatic carbocycles. The van der Waals surface area contributed by atoms with Crippen LogP contribution in [0.1, 0.15) is 16.8 Å². The number of carbonyl (C=O) groups is 2. The van der Waals surface area contributed by atoms with Crippen LogP contribution < -0.4 is 9.47 Å². The fourth-order valence-corrected chi connectivity index (χ4v) is 3.20. The Labute approximate surface area is 141 Å². The molecule has 1 aromatic rings. The molecular formula is C15H16BrNO6. The first-order chi connectivity index (χ1) is 11.0. The van der Waals surface area contributed by atoms with Gasteiger partial charge in [0.05, 0.1) is 23.6 Å². The second-order valence-electron chi connectivity index (χ2n) is 5.32. The summed E-state index contributed by atoms with van der Waals surface area (Å²) in [5.74, 6) is 0.00980. The quantitative estimate of drug-likeness (QED) is 0.849. The van der Waals surface area contributed by atoms with Gasteiger partial charge in [0.2, 0.25) is 0 Å². The van der Waals surface area contributed by atoms with E-state index in [9.17, 15) is 9.59 Å². The maximum Gasteiger partial charge on any atom is 0.306 e. The Bertz CT molecular complexity index is 635. The van der Waals surface area contributed by atoms with Gasteiger partial charge < -0.3 is 24.2 Å². The number of aliphatic carboxylic acids is 1. The molecule has 0 spiro atoms. The smallest absolute Gasteiger partial charge is 0.306 e. The van der Waals surface area contributed by atoms with Crippen LogP contribution in [0.15, 0.2) is 16.6 Å². The van der Waals surface area contributed by atoms with E-state index in [4.69, 9.17) is 19.3 Å². The monoisotopic (exact) mass is 385 g/mol. The molecule has 1 atom stereocenters. The Morgan fingerprint density at radius 1 is 1.26 bits per heavy atom. The molecule has 2 heterocycles. The average Bonchev–Trinajstić information content (AvgIpc) is 2.54. The summed E-state index contributed by atoms with van der Waals surface area (Å²) in [5, 5.41) is 8.86. The molecule has 0 aliphatic carbocycles. The Balaban J connectivity index is 1.77. The van der Waals surface area contributed by atoms with E-state index in [1.54, 1.807) is 17.0 Å². The molecule has 1 saturated heterocycles. The lowest BCUT2D eigenvalue weighted by Gasteiger charge is -2.32. The van der Waals surface area contributed by atoms with E-state index in [0.29, 0.717) is 47.9 Å². The van der Waals surface area contributed by atoms with Crippen LogP contribution in [0.5, 0.6) is 11.5 Å². The highest BCUT2D eigenvalue weighted by Crippen LogP contribution is 2.38. The topological polar surface area (TPSA) is 85.3 Å². The number of nitrogens with zero attached hydrogens (tertiary/aromatic N) is 1. The number of hydrogen-bond donors (Lipinski definition) is 1. The second kappa shape index (κ2) is 6.76. The zero-order valence-electron chi connectivity index (χ0n) is 12.3. The van der Waals surface area contributed by atoms with Gasteiger partial charge >= 0.3 is 5.97 Å². The number of morpholine rings is 1. The van der Waals surface area contributed by atoms with Gasteiger partial charge in [-0.1, -0.05) is 0 Å². The van der Waals surface area contributed by atoms with Crippen LogP contribution in [-0.4, -0.2) is 60.9 Å². The maximum atomic E-state index is 12.7. The van der Waals surface area contributed by atoms with E-state index < -0.39 is 12.1 Å². The minimum Gasteiger partial charge on any atom is -0.486 e. The van der Waals surface area contributed by atoms with Gasteiger partial charge in [-0.3, -0.25) is 9.59 Å². The lowest BCUT2D eigenvalue weighted by Crippen LogP contribution is -2.46. The number of ether oxygens (including phenoxy) is 3. The van der Waals surface area contributed by atoms with Crippen molar-refractivity contribution in [2.24, 2.45) is 0 Å². The van der Waals surface area contributed by atoms with Gasteiger partial charge in [-0.2, -0.15) is 0 Å². The van der Waals surface area contributed by atoms with Gasteiger partial charge in [0.1, 0.15) is 13.2 Å². The Hall–Kier alpha value is -1.80. The van der Waals surface area contributed by atoms with Crippen LogP contribution in [-0.2, 0) is 9.53 Å². The number of carboxylic acid groups (broad SMARTS) is 1. The van der Waals surface area contributed by atoms with Gasteiger partial charge in [-0.25, -0.2) is 0 Å². The van der Waals surface area contributed by atoms with Gasteiger partial charge in [0.25, 0.3) is 5.91 Å². The largest absolute Gasteiger partial charge is 0.486 e. The molecular weight excluding hydrogens is 370 g/mol. The Morgan fingerprint density at radius 2 is 2.04 bits per heavy atom. The summed E-state index contributed by atoms with van der Waals surface area (Å²) in [6.07, 6.45) is -0.597. The van der Waals surface area contributed by atoms with E-state index in [2.05, 4.69) is 15.9 Å². The van der Waals surface area contributed by atoms with Crippen LogP contribution in [0.3, 0.4) is 0 Å². The molecule has 7 nitrogen and oxygen atoms in total. The molecule has 124 valence electrons. The normalized spacial score (nSPS) is 20.2. The number of benzene rings is 1. The van der Waals surface area contributed by atoms with Crippen molar-refractivity contribution in [3.8, 4) is 11.5 Å². The van der Waals surface area contributed by atoms with E-state index in [1.165, 1.54) is 0 Å². The van der Waals surface area contributed by atoms with Crippen molar-refractivity contribution in [1.29, 1.82) is 0 Å². The molecule has 23 heavy (non-hydrogen) atoms. The predicted octanol–water partition coefficient (Wildman–Crippen LogP) is 1.54. The summed E-state index contributed by atoms with van der Waals surface area (Å²) < 4.78 is 17.1. The van der Waals surface area contributed by atoms with E-state index in [0.717, 1.165) is 0 Å². The van der Waals surface area contributed by atoms with Crippen LogP contribution in [0, 0.1) is 0 Å². The van der Waals surface area contributed by atoms with Crippen molar-refractivity contribution in [2.45, 2.75) is 12.5 Å². The lowest BCUT2D eigenvalue weighted by molar-refractivity contribution is -0.141. The third-order valence-electron chi connectivity index (χ3n) is 3.67. The summed E-state index contributed by atoms with van der Waals surface area (Å²) in [6.45, 7) is 1.93. The van der Waals surface area contributed by atoms with Gasteiger partial charge in [0, 0.05) is 18.7 Å². The number of carboxylic acids is 1.